The van der Waals surface area contributed by atoms with Crippen LogP contribution in [0, 0.1) is 10.8 Å². The topological polar surface area (TPSA) is 156 Å². The Labute approximate surface area is 246 Å². The minimum Gasteiger partial charge on any atom is -0.481 e. The van der Waals surface area contributed by atoms with Gasteiger partial charge in [-0.2, -0.15) is 0 Å². The lowest BCUT2D eigenvalue weighted by Gasteiger charge is -2.38. The van der Waals surface area contributed by atoms with Gasteiger partial charge in [0.25, 0.3) is 0 Å². The Hall–Kier alpha value is -2.64. The maximum absolute atomic E-state index is 11.9. The number of rotatable bonds is 4. The van der Waals surface area contributed by atoms with Gasteiger partial charge in [-0.15, -0.1) is 0 Å². The molecule has 0 unspecified atom stereocenters. The molecule has 2 aliphatic rings. The first-order chi connectivity index (χ1) is 18.2. The summed E-state index contributed by atoms with van der Waals surface area (Å²) >= 11 is 0. The molecule has 13 nitrogen and oxygen atoms in total. The number of hydrogen-bond acceptors (Lipinski definition) is 9. The first-order valence-electron chi connectivity index (χ1n) is 13.5. The Balaban J connectivity index is 0. The summed E-state index contributed by atoms with van der Waals surface area (Å²) in [6.07, 6.45) is 1.47. The Morgan fingerprint density at radius 2 is 1.02 bits per heavy atom. The van der Waals surface area contributed by atoms with E-state index in [1.54, 1.807) is 30.9 Å². The number of carbonyl (C=O) groups excluding carboxylic acids is 3. The van der Waals surface area contributed by atoms with Gasteiger partial charge >= 0.3 is 18.2 Å². The summed E-state index contributed by atoms with van der Waals surface area (Å²) in [7, 11) is 4.69. The molecule has 3 amide bonds. The lowest BCUT2D eigenvalue weighted by molar-refractivity contribution is -0.150. The molecule has 2 heterocycles. The van der Waals surface area contributed by atoms with E-state index in [9.17, 15) is 19.2 Å². The summed E-state index contributed by atoms with van der Waals surface area (Å²) < 4.78 is 10.6. The van der Waals surface area contributed by atoms with Gasteiger partial charge in [0.1, 0.15) is 11.2 Å². The third-order valence-electron chi connectivity index (χ3n) is 6.50. The second-order valence-electron chi connectivity index (χ2n) is 12.4. The molecule has 242 valence electrons. The highest BCUT2D eigenvalue weighted by Crippen LogP contribution is 2.32. The van der Waals surface area contributed by atoms with Gasteiger partial charge in [0.2, 0.25) is 5.91 Å². The molecule has 0 atom stereocenters. The summed E-state index contributed by atoms with van der Waals surface area (Å²) in [4.78, 5) is 58.7. The summed E-state index contributed by atoms with van der Waals surface area (Å²) in [6, 6.07) is 0. The van der Waals surface area contributed by atoms with Gasteiger partial charge in [0, 0.05) is 33.2 Å². The molecule has 2 aliphatic heterocycles. The number of hydrogen-bond donors (Lipinski definition) is 3. The molecule has 0 aromatic rings. The second kappa shape index (κ2) is 17.3. The van der Waals surface area contributed by atoms with Crippen LogP contribution in [-0.4, -0.2) is 97.6 Å². The molecule has 2 saturated heterocycles. The van der Waals surface area contributed by atoms with Crippen LogP contribution in [0.1, 0.15) is 88.5 Å². The maximum atomic E-state index is 11.9. The van der Waals surface area contributed by atoms with Crippen molar-refractivity contribution in [3.63, 3.8) is 0 Å². The Kier molecular flexibility index (Phi) is 17.1. The highest BCUT2D eigenvalue weighted by molar-refractivity contribution is 5.81. The van der Waals surface area contributed by atoms with Gasteiger partial charge < -0.3 is 29.2 Å². The number of hydroxylamine groups is 2. The van der Waals surface area contributed by atoms with E-state index in [4.69, 9.17) is 14.6 Å². The normalized spacial score (nSPS) is 17.7. The molecule has 0 saturated carbocycles. The third kappa shape index (κ3) is 15.2. The van der Waals surface area contributed by atoms with Crippen molar-refractivity contribution >= 4 is 24.1 Å². The molecule has 0 spiro atoms. The van der Waals surface area contributed by atoms with Gasteiger partial charge in [-0.05, 0) is 74.1 Å². The highest BCUT2D eigenvalue weighted by atomic mass is 16.6. The zero-order valence-electron chi connectivity index (χ0n) is 26.3. The first kappa shape index (κ1) is 40.5. The van der Waals surface area contributed by atoms with E-state index in [0.29, 0.717) is 51.9 Å². The van der Waals surface area contributed by atoms with Crippen molar-refractivity contribution in [2.45, 2.75) is 99.7 Å². The number of ether oxygens (including phenoxy) is 2. The van der Waals surface area contributed by atoms with Gasteiger partial charge in [-0.1, -0.05) is 14.4 Å². The van der Waals surface area contributed by atoms with E-state index in [1.165, 1.54) is 7.11 Å². The lowest BCUT2D eigenvalue weighted by atomic mass is 9.80. The number of aliphatic carboxylic acids is 1. The van der Waals surface area contributed by atoms with Gasteiger partial charge in [0.05, 0.1) is 25.0 Å². The standard InChI is InChI=1S/C13H24N2O4.C12H21NO4.C2H7NO.CH4/c1-12(2,3)19-11(17)15-8-6-13(4,7-9-15)10(16)14-18-5;1-11(2,3)17-10(16)13-7-5-12(4,6-8-13)9(14)15;1-3-4-2;/h6-9H2,1-5H3,(H,14,16);5-8H2,1-4H3,(H,14,15);3H,1-2H3;1H4. The van der Waals surface area contributed by atoms with Crippen LogP contribution in [0.3, 0.4) is 0 Å². The zero-order valence-corrected chi connectivity index (χ0v) is 26.3. The first-order valence-corrected chi connectivity index (χ1v) is 13.5. The smallest absolute Gasteiger partial charge is 0.410 e. The molecule has 2 rings (SSSR count). The minimum atomic E-state index is -0.790. The van der Waals surface area contributed by atoms with Crippen molar-refractivity contribution in [3.05, 3.63) is 0 Å². The largest absolute Gasteiger partial charge is 0.481 e. The average Bonchev–Trinajstić information content (AvgIpc) is 2.83. The van der Waals surface area contributed by atoms with Crippen LogP contribution < -0.4 is 11.0 Å². The second-order valence-corrected chi connectivity index (χ2v) is 12.4. The fourth-order valence-electron chi connectivity index (χ4n) is 3.68. The molecule has 41 heavy (non-hydrogen) atoms. The van der Waals surface area contributed by atoms with Crippen molar-refractivity contribution < 1.29 is 43.4 Å². The van der Waals surface area contributed by atoms with Crippen LogP contribution in [0.2, 0.25) is 0 Å². The van der Waals surface area contributed by atoms with Crippen molar-refractivity contribution in [3.8, 4) is 0 Å². The van der Waals surface area contributed by atoms with Crippen LogP contribution in [0.4, 0.5) is 9.59 Å². The van der Waals surface area contributed by atoms with Crippen molar-refractivity contribution in [2.75, 3.05) is 47.4 Å². The third-order valence-corrected chi connectivity index (χ3v) is 6.50. The van der Waals surface area contributed by atoms with E-state index in [0.717, 1.165) is 0 Å². The van der Waals surface area contributed by atoms with E-state index < -0.39 is 28.0 Å². The van der Waals surface area contributed by atoms with Gasteiger partial charge in [0.15, 0.2) is 0 Å². The Bertz CT molecular complexity index is 819. The van der Waals surface area contributed by atoms with E-state index in [1.807, 2.05) is 48.5 Å². The molecule has 0 aromatic heterocycles. The SMILES string of the molecule is C.CC(C)(C)OC(=O)N1CCC(C)(C(=O)O)CC1.CNOC.CONC(=O)C1(C)CCN(C(=O)OC(C)(C)C)CC1. The number of nitrogens with zero attached hydrogens (tertiary/aromatic N) is 2. The van der Waals surface area contributed by atoms with E-state index >= 15 is 0 Å². The van der Waals surface area contributed by atoms with Crippen LogP contribution in [0.25, 0.3) is 0 Å². The monoisotopic (exact) mass is 592 g/mol. The number of nitrogens with one attached hydrogen (secondary N) is 2. The molecule has 2 fully saturated rings. The van der Waals surface area contributed by atoms with Crippen molar-refractivity contribution in [2.24, 2.45) is 10.8 Å². The predicted molar refractivity (Wildman–Crippen MR) is 156 cm³/mol. The molecule has 3 N–H and O–H groups in total. The van der Waals surface area contributed by atoms with Crippen LogP contribution in [0.5, 0.6) is 0 Å². The Morgan fingerprint density at radius 1 is 0.707 bits per heavy atom. The molecule has 0 aliphatic carbocycles. The number of carboxylic acids is 1. The Morgan fingerprint density at radius 3 is 1.27 bits per heavy atom. The molecule has 0 radical (unpaired) electrons. The minimum absolute atomic E-state index is 0. The maximum Gasteiger partial charge on any atom is 0.410 e. The van der Waals surface area contributed by atoms with Crippen molar-refractivity contribution in [1.82, 2.24) is 20.8 Å². The fraction of sp³-hybridized carbons (Fsp3) is 0.857. The molecule has 0 aromatic carbocycles. The van der Waals surface area contributed by atoms with Gasteiger partial charge in [-0.3, -0.25) is 14.4 Å². The number of carboxylic acid groups (broad SMARTS) is 1. The van der Waals surface area contributed by atoms with Crippen LogP contribution >= 0.6 is 0 Å². The number of piperidine rings is 2. The fourth-order valence-corrected chi connectivity index (χ4v) is 3.68. The molecule has 13 heteroatoms. The number of amides is 3. The lowest BCUT2D eigenvalue weighted by Crippen LogP contribution is -2.49. The molecular formula is C28H56N4O9. The van der Waals surface area contributed by atoms with Gasteiger partial charge in [-0.25, -0.2) is 20.5 Å². The quantitative estimate of drug-likeness (QED) is 0.404. The predicted octanol–water partition coefficient (Wildman–Crippen LogP) is 4.21. The summed E-state index contributed by atoms with van der Waals surface area (Å²) in [6.45, 7) is 16.5. The molecule has 0 bridgehead atoms. The van der Waals surface area contributed by atoms with E-state index in [-0.39, 0.29) is 25.5 Å². The van der Waals surface area contributed by atoms with Crippen molar-refractivity contribution in [1.29, 1.82) is 0 Å². The highest BCUT2D eigenvalue weighted by Gasteiger charge is 2.40. The summed E-state index contributed by atoms with van der Waals surface area (Å²) in [5.74, 6) is -0.930. The van der Waals surface area contributed by atoms with Crippen LogP contribution in [0.15, 0.2) is 0 Å². The summed E-state index contributed by atoms with van der Waals surface area (Å²) in [5, 5.41) is 9.07. The number of likely N-dealkylation sites (tertiary alicyclic amines) is 2. The summed E-state index contributed by atoms with van der Waals surface area (Å²) in [5.41, 5.74) is 2.59. The molecular weight excluding hydrogens is 536 g/mol. The number of carbonyl (C=O) groups is 4. The van der Waals surface area contributed by atoms with Crippen LogP contribution in [-0.2, 0) is 28.7 Å². The average molecular weight is 593 g/mol. The van der Waals surface area contributed by atoms with E-state index in [2.05, 4.69) is 20.6 Å². The zero-order chi connectivity index (χ0) is 31.4.